The number of rotatable bonds is 7. The molecule has 1 heterocycles. The average molecular weight is 438 g/mol. The number of nitriles is 1. The molecule has 0 N–H and O–H groups in total. The van der Waals surface area contributed by atoms with Crippen molar-refractivity contribution < 1.29 is 19.1 Å². The third-order valence-electron chi connectivity index (χ3n) is 5.87. The van der Waals surface area contributed by atoms with Gasteiger partial charge < -0.3 is 4.74 Å². The summed E-state index contributed by atoms with van der Waals surface area (Å²) >= 11 is 0. The van der Waals surface area contributed by atoms with Crippen LogP contribution in [-0.4, -0.2) is 29.8 Å². The lowest BCUT2D eigenvalue weighted by atomic mass is 9.98. The number of benzene rings is 3. The highest BCUT2D eigenvalue weighted by molar-refractivity contribution is 6.21. The molecule has 0 fully saturated rings. The molecule has 1 aliphatic rings. The van der Waals surface area contributed by atoms with E-state index < -0.39 is 23.8 Å². The second-order valence-corrected chi connectivity index (χ2v) is 7.87. The minimum atomic E-state index is -0.752. The van der Waals surface area contributed by atoms with E-state index in [1.54, 1.807) is 36.4 Å². The molecule has 1 unspecified atom stereocenters. The van der Waals surface area contributed by atoms with Gasteiger partial charge in [-0.15, -0.1) is 0 Å². The smallest absolute Gasteiger partial charge is 0.307 e. The van der Waals surface area contributed by atoms with Crippen LogP contribution in [0, 0.1) is 11.3 Å². The molecule has 2 amide bonds. The standard InChI is InChI=1S/C27H22N2O4/c1-33-25(30)16-24(29-26(31)22-4-2-3-5-23(22)27(29)32)21-14-12-19(13-15-21)7-6-18-8-10-20(17-28)11-9-18/h2-5,8-15,24H,6-7,16H2,1H3. The minimum Gasteiger partial charge on any atom is -0.469 e. The average Bonchev–Trinajstić information content (AvgIpc) is 3.11. The fraction of sp³-hybridized carbons (Fsp3) is 0.185. The first-order valence-electron chi connectivity index (χ1n) is 10.6. The van der Waals surface area contributed by atoms with E-state index in [9.17, 15) is 14.4 Å². The monoisotopic (exact) mass is 438 g/mol. The molecule has 6 heteroatoms. The van der Waals surface area contributed by atoms with Crippen LogP contribution < -0.4 is 0 Å². The first kappa shape index (κ1) is 22.0. The van der Waals surface area contributed by atoms with Gasteiger partial charge in [-0.25, -0.2) is 0 Å². The molecule has 1 aliphatic heterocycles. The number of nitrogens with zero attached hydrogens (tertiary/aromatic N) is 2. The number of carbonyl (C=O) groups is 3. The summed E-state index contributed by atoms with van der Waals surface area (Å²) in [6, 6.07) is 23.1. The van der Waals surface area contributed by atoms with Gasteiger partial charge in [0.05, 0.1) is 42.3 Å². The normalized spacial score (nSPS) is 13.4. The maximum absolute atomic E-state index is 13.0. The third-order valence-corrected chi connectivity index (χ3v) is 5.87. The highest BCUT2D eigenvalue weighted by Gasteiger charge is 2.41. The maximum Gasteiger partial charge on any atom is 0.307 e. The molecule has 0 aromatic heterocycles. The number of fused-ring (bicyclic) bond motifs is 1. The second-order valence-electron chi connectivity index (χ2n) is 7.87. The number of esters is 1. The van der Waals surface area contributed by atoms with E-state index >= 15 is 0 Å². The Kier molecular flexibility index (Phi) is 6.32. The quantitative estimate of drug-likeness (QED) is 0.407. The zero-order valence-corrected chi connectivity index (χ0v) is 18.2. The Morgan fingerprint density at radius 2 is 1.39 bits per heavy atom. The zero-order chi connectivity index (χ0) is 23.4. The van der Waals surface area contributed by atoms with E-state index in [1.165, 1.54) is 7.11 Å². The van der Waals surface area contributed by atoms with E-state index in [0.717, 1.165) is 28.9 Å². The summed E-state index contributed by atoms with van der Waals surface area (Å²) < 4.78 is 4.83. The van der Waals surface area contributed by atoms with Gasteiger partial charge in [0.1, 0.15) is 0 Å². The predicted octanol–water partition coefficient (Wildman–Crippen LogP) is 4.24. The van der Waals surface area contributed by atoms with Crippen LogP contribution in [-0.2, 0) is 22.4 Å². The van der Waals surface area contributed by atoms with E-state index in [-0.39, 0.29) is 6.42 Å². The Morgan fingerprint density at radius 3 is 1.88 bits per heavy atom. The van der Waals surface area contributed by atoms with Crippen molar-refractivity contribution in [3.05, 3.63) is 106 Å². The molecule has 33 heavy (non-hydrogen) atoms. The molecule has 164 valence electrons. The number of ether oxygens (including phenoxy) is 1. The molecule has 1 atom stereocenters. The Balaban J connectivity index is 1.54. The molecule has 0 saturated heterocycles. The molecule has 0 aliphatic carbocycles. The topological polar surface area (TPSA) is 87.5 Å². The van der Waals surface area contributed by atoms with Crippen molar-refractivity contribution >= 4 is 17.8 Å². The van der Waals surface area contributed by atoms with E-state index in [2.05, 4.69) is 6.07 Å². The summed E-state index contributed by atoms with van der Waals surface area (Å²) in [5.74, 6) is -1.31. The number of amides is 2. The summed E-state index contributed by atoms with van der Waals surface area (Å²) in [6.45, 7) is 0. The number of aryl methyl sites for hydroxylation is 2. The molecule has 0 saturated carbocycles. The highest BCUT2D eigenvalue weighted by atomic mass is 16.5. The van der Waals surface area contributed by atoms with Crippen molar-refractivity contribution in [2.75, 3.05) is 7.11 Å². The number of hydrogen-bond donors (Lipinski definition) is 0. The van der Waals surface area contributed by atoms with E-state index in [0.29, 0.717) is 22.3 Å². The number of hydrogen-bond acceptors (Lipinski definition) is 5. The lowest BCUT2D eigenvalue weighted by Crippen LogP contribution is -2.35. The van der Waals surface area contributed by atoms with Gasteiger partial charge in [0.15, 0.2) is 0 Å². The summed E-state index contributed by atoms with van der Waals surface area (Å²) in [4.78, 5) is 39.3. The summed E-state index contributed by atoms with van der Waals surface area (Å²) in [7, 11) is 1.29. The molecule has 0 bridgehead atoms. The van der Waals surface area contributed by atoms with Gasteiger partial charge in [-0.2, -0.15) is 5.26 Å². The largest absolute Gasteiger partial charge is 0.469 e. The zero-order valence-electron chi connectivity index (χ0n) is 18.2. The number of methoxy groups -OCH3 is 1. The maximum atomic E-state index is 13.0. The Bertz CT molecular complexity index is 1210. The van der Waals surface area contributed by atoms with Crippen LogP contribution in [0.4, 0.5) is 0 Å². The van der Waals surface area contributed by atoms with Gasteiger partial charge in [0.25, 0.3) is 11.8 Å². The first-order valence-corrected chi connectivity index (χ1v) is 10.6. The van der Waals surface area contributed by atoms with Gasteiger partial charge in [-0.1, -0.05) is 48.5 Å². The van der Waals surface area contributed by atoms with Crippen molar-refractivity contribution in [1.29, 1.82) is 5.26 Å². The Hall–Kier alpha value is -4.24. The Labute approximate surface area is 192 Å². The molecular formula is C27H22N2O4. The lowest BCUT2D eigenvalue weighted by Gasteiger charge is -2.26. The molecule has 0 radical (unpaired) electrons. The van der Waals surface area contributed by atoms with Crippen LogP contribution in [0.1, 0.15) is 55.4 Å². The van der Waals surface area contributed by atoms with Crippen LogP contribution in [0.2, 0.25) is 0 Å². The van der Waals surface area contributed by atoms with Crippen LogP contribution in [0.5, 0.6) is 0 Å². The summed E-state index contributed by atoms with van der Waals surface area (Å²) in [5.41, 5.74) is 4.23. The SMILES string of the molecule is COC(=O)CC(c1ccc(CCc2ccc(C#N)cc2)cc1)N1C(=O)c2ccccc2C1=O. The second kappa shape index (κ2) is 9.49. The molecule has 4 rings (SSSR count). The highest BCUT2D eigenvalue weighted by Crippen LogP contribution is 2.34. The summed E-state index contributed by atoms with van der Waals surface area (Å²) in [6.07, 6.45) is 1.49. The van der Waals surface area contributed by atoms with E-state index in [1.807, 2.05) is 36.4 Å². The van der Waals surface area contributed by atoms with Crippen molar-refractivity contribution in [3.63, 3.8) is 0 Å². The molecule has 3 aromatic rings. The Morgan fingerprint density at radius 1 is 0.879 bits per heavy atom. The lowest BCUT2D eigenvalue weighted by molar-refractivity contribution is -0.141. The van der Waals surface area contributed by atoms with Gasteiger partial charge in [0.2, 0.25) is 0 Å². The van der Waals surface area contributed by atoms with Gasteiger partial charge >= 0.3 is 5.97 Å². The minimum absolute atomic E-state index is 0.118. The van der Waals surface area contributed by atoms with Crippen LogP contribution in [0.15, 0.2) is 72.8 Å². The van der Waals surface area contributed by atoms with Crippen molar-refractivity contribution in [1.82, 2.24) is 4.90 Å². The summed E-state index contributed by atoms with van der Waals surface area (Å²) in [5, 5.41) is 8.92. The first-order chi connectivity index (χ1) is 16.0. The van der Waals surface area contributed by atoms with Crippen molar-refractivity contribution in [3.8, 4) is 6.07 Å². The third kappa shape index (κ3) is 4.53. The van der Waals surface area contributed by atoms with Crippen LogP contribution in [0.25, 0.3) is 0 Å². The molecule has 3 aromatic carbocycles. The number of imide groups is 1. The van der Waals surface area contributed by atoms with Gasteiger partial charge in [-0.05, 0) is 53.8 Å². The molecule has 6 nitrogen and oxygen atoms in total. The van der Waals surface area contributed by atoms with Crippen LogP contribution in [0.3, 0.4) is 0 Å². The van der Waals surface area contributed by atoms with Gasteiger partial charge in [-0.3, -0.25) is 19.3 Å². The van der Waals surface area contributed by atoms with Crippen molar-refractivity contribution in [2.45, 2.75) is 25.3 Å². The molecular weight excluding hydrogens is 416 g/mol. The fourth-order valence-corrected chi connectivity index (χ4v) is 4.03. The number of carbonyl (C=O) groups excluding carboxylic acids is 3. The van der Waals surface area contributed by atoms with E-state index in [4.69, 9.17) is 10.00 Å². The molecule has 0 spiro atoms. The van der Waals surface area contributed by atoms with Crippen LogP contribution >= 0.6 is 0 Å². The van der Waals surface area contributed by atoms with Crippen molar-refractivity contribution in [2.24, 2.45) is 0 Å². The fourth-order valence-electron chi connectivity index (χ4n) is 4.03. The predicted molar refractivity (Wildman–Crippen MR) is 121 cm³/mol. The van der Waals surface area contributed by atoms with Gasteiger partial charge in [0, 0.05) is 0 Å².